The minimum absolute atomic E-state index is 0.00677. The molecule has 1 N–H and O–H groups in total. The lowest BCUT2D eigenvalue weighted by Crippen LogP contribution is -2.24. The van der Waals surface area contributed by atoms with Crippen LogP contribution in [0, 0.1) is 11.6 Å². The second kappa shape index (κ2) is 6.62. The zero-order chi connectivity index (χ0) is 14.6. The van der Waals surface area contributed by atoms with E-state index in [-0.39, 0.29) is 4.47 Å². The minimum Gasteiger partial charge on any atom is -0.390 e. The fraction of sp³-hybridized carbons (Fsp3) is 0.455. The highest BCUT2D eigenvalue weighted by Crippen LogP contribution is 2.23. The first-order valence-electron chi connectivity index (χ1n) is 5.15. The van der Waals surface area contributed by atoms with Crippen molar-refractivity contribution in [2.45, 2.75) is 18.7 Å². The molecule has 1 aromatic carbocycles. The van der Waals surface area contributed by atoms with Crippen LogP contribution in [-0.4, -0.2) is 30.6 Å². The van der Waals surface area contributed by atoms with Gasteiger partial charge in [0.25, 0.3) is 0 Å². The van der Waals surface area contributed by atoms with E-state index in [4.69, 9.17) is 0 Å². The number of ether oxygens (including phenoxy) is 1. The molecule has 1 atom stereocenters. The molecule has 0 radical (unpaired) electrons. The largest absolute Gasteiger partial charge is 0.411 e. The number of aliphatic hydroxyl groups excluding tert-OH is 1. The highest BCUT2D eigenvalue weighted by atomic mass is 79.9. The fourth-order valence-corrected chi connectivity index (χ4v) is 1.73. The first-order valence-corrected chi connectivity index (χ1v) is 5.95. The molecule has 108 valence electrons. The molecular formula is C11H10BrF5O2. The molecule has 1 aromatic rings. The Labute approximate surface area is 114 Å². The smallest absolute Gasteiger partial charge is 0.390 e. The number of benzene rings is 1. The SMILES string of the molecule is OC(COCC(F)(F)F)Cc1c(F)ccc(Br)c1F. The molecule has 0 spiro atoms. The lowest BCUT2D eigenvalue weighted by molar-refractivity contribution is -0.179. The van der Waals surface area contributed by atoms with Crippen LogP contribution in [0.4, 0.5) is 22.0 Å². The molecule has 1 unspecified atom stereocenters. The summed E-state index contributed by atoms with van der Waals surface area (Å²) >= 11 is 2.85. The molecule has 0 fully saturated rings. The van der Waals surface area contributed by atoms with Gasteiger partial charge >= 0.3 is 6.18 Å². The van der Waals surface area contributed by atoms with Crippen molar-refractivity contribution in [3.05, 3.63) is 33.8 Å². The summed E-state index contributed by atoms with van der Waals surface area (Å²) in [5.41, 5.74) is -0.405. The molecule has 0 heterocycles. The van der Waals surface area contributed by atoms with Crippen molar-refractivity contribution in [2.24, 2.45) is 0 Å². The van der Waals surface area contributed by atoms with Crippen LogP contribution in [0.5, 0.6) is 0 Å². The van der Waals surface area contributed by atoms with Crippen molar-refractivity contribution in [1.29, 1.82) is 0 Å². The lowest BCUT2D eigenvalue weighted by Gasteiger charge is -2.14. The zero-order valence-corrected chi connectivity index (χ0v) is 11.1. The van der Waals surface area contributed by atoms with Crippen LogP contribution in [0.1, 0.15) is 5.56 Å². The highest BCUT2D eigenvalue weighted by molar-refractivity contribution is 9.10. The third kappa shape index (κ3) is 5.42. The van der Waals surface area contributed by atoms with Gasteiger partial charge in [0.1, 0.15) is 18.2 Å². The molecule has 1 rings (SSSR count). The Balaban J connectivity index is 2.58. The number of rotatable bonds is 5. The number of aliphatic hydroxyl groups is 1. The van der Waals surface area contributed by atoms with E-state index in [9.17, 15) is 27.1 Å². The molecule has 0 aliphatic heterocycles. The summed E-state index contributed by atoms with van der Waals surface area (Å²) < 4.78 is 66.4. The van der Waals surface area contributed by atoms with Crippen LogP contribution in [-0.2, 0) is 11.2 Å². The average molecular weight is 349 g/mol. The maximum absolute atomic E-state index is 13.5. The summed E-state index contributed by atoms with van der Waals surface area (Å²) in [4.78, 5) is 0. The number of hydrogen-bond donors (Lipinski definition) is 1. The molecular weight excluding hydrogens is 339 g/mol. The Kier molecular flexibility index (Phi) is 5.69. The molecule has 0 saturated carbocycles. The second-order valence-corrected chi connectivity index (χ2v) is 4.66. The van der Waals surface area contributed by atoms with Crippen molar-refractivity contribution in [1.82, 2.24) is 0 Å². The summed E-state index contributed by atoms with van der Waals surface area (Å²) in [5.74, 6) is -1.77. The Bertz CT molecular complexity index is 436. The molecule has 0 aliphatic rings. The average Bonchev–Trinajstić information content (AvgIpc) is 2.28. The van der Waals surface area contributed by atoms with E-state index in [0.29, 0.717) is 0 Å². The molecule has 0 bridgehead atoms. The highest BCUT2D eigenvalue weighted by Gasteiger charge is 2.28. The predicted octanol–water partition coefficient (Wildman–Crippen LogP) is 3.21. The molecule has 0 saturated heterocycles. The Morgan fingerprint density at radius 3 is 2.47 bits per heavy atom. The van der Waals surface area contributed by atoms with Gasteiger partial charge in [-0.15, -0.1) is 0 Å². The van der Waals surface area contributed by atoms with E-state index in [1.54, 1.807) is 0 Å². The van der Waals surface area contributed by atoms with Gasteiger partial charge in [0.2, 0.25) is 0 Å². The quantitative estimate of drug-likeness (QED) is 0.654. The normalized spacial score (nSPS) is 13.6. The number of halogens is 6. The Hall–Kier alpha value is -0.730. The molecule has 8 heteroatoms. The van der Waals surface area contributed by atoms with Crippen LogP contribution in [0.2, 0.25) is 0 Å². The van der Waals surface area contributed by atoms with Crippen LogP contribution in [0.25, 0.3) is 0 Å². The van der Waals surface area contributed by atoms with Crippen molar-refractivity contribution in [3.8, 4) is 0 Å². The van der Waals surface area contributed by atoms with E-state index in [1.165, 1.54) is 0 Å². The van der Waals surface area contributed by atoms with Gasteiger partial charge in [-0.3, -0.25) is 0 Å². The van der Waals surface area contributed by atoms with Crippen LogP contribution in [0.3, 0.4) is 0 Å². The Morgan fingerprint density at radius 2 is 1.89 bits per heavy atom. The second-order valence-electron chi connectivity index (χ2n) is 3.81. The number of alkyl halides is 3. The third-order valence-electron chi connectivity index (χ3n) is 2.15. The summed E-state index contributed by atoms with van der Waals surface area (Å²) in [6, 6.07) is 2.15. The molecule has 2 nitrogen and oxygen atoms in total. The van der Waals surface area contributed by atoms with Gasteiger partial charge in [-0.05, 0) is 28.1 Å². The van der Waals surface area contributed by atoms with Gasteiger partial charge in [-0.1, -0.05) is 0 Å². The van der Waals surface area contributed by atoms with Gasteiger partial charge < -0.3 is 9.84 Å². The number of hydrogen-bond acceptors (Lipinski definition) is 2. The van der Waals surface area contributed by atoms with Crippen molar-refractivity contribution in [2.75, 3.05) is 13.2 Å². The zero-order valence-electron chi connectivity index (χ0n) is 9.48. The lowest BCUT2D eigenvalue weighted by atomic mass is 10.1. The molecule has 0 aromatic heterocycles. The fourth-order valence-electron chi connectivity index (χ4n) is 1.36. The Morgan fingerprint density at radius 1 is 1.26 bits per heavy atom. The standard InChI is InChI=1S/C11H10BrF5O2/c12-8-1-2-9(13)7(10(8)14)3-6(18)4-19-5-11(15,16)17/h1-2,6,18H,3-5H2. The maximum atomic E-state index is 13.5. The summed E-state index contributed by atoms with van der Waals surface area (Å²) in [6.45, 7) is -2.18. The van der Waals surface area contributed by atoms with Crippen LogP contribution in [0.15, 0.2) is 16.6 Å². The maximum Gasteiger partial charge on any atom is 0.411 e. The van der Waals surface area contributed by atoms with Crippen molar-refractivity contribution >= 4 is 15.9 Å². The third-order valence-corrected chi connectivity index (χ3v) is 2.77. The van der Waals surface area contributed by atoms with Crippen molar-refractivity contribution in [3.63, 3.8) is 0 Å². The van der Waals surface area contributed by atoms with E-state index in [2.05, 4.69) is 20.7 Å². The first-order chi connectivity index (χ1) is 8.70. The molecule has 0 aliphatic carbocycles. The van der Waals surface area contributed by atoms with Gasteiger partial charge in [-0.25, -0.2) is 8.78 Å². The summed E-state index contributed by atoms with van der Waals surface area (Å²) in [7, 11) is 0. The molecule has 0 amide bonds. The van der Waals surface area contributed by atoms with Crippen LogP contribution >= 0.6 is 15.9 Å². The van der Waals surface area contributed by atoms with Crippen molar-refractivity contribution < 1.29 is 31.8 Å². The van der Waals surface area contributed by atoms with E-state index in [0.717, 1.165) is 12.1 Å². The minimum atomic E-state index is -4.51. The van der Waals surface area contributed by atoms with Gasteiger partial charge in [0, 0.05) is 12.0 Å². The topological polar surface area (TPSA) is 29.5 Å². The van der Waals surface area contributed by atoms with E-state index < -0.39 is 49.1 Å². The van der Waals surface area contributed by atoms with E-state index >= 15 is 0 Å². The molecule has 19 heavy (non-hydrogen) atoms. The monoisotopic (exact) mass is 348 g/mol. The first kappa shape index (κ1) is 16.3. The summed E-state index contributed by atoms with van der Waals surface area (Å²) in [5, 5.41) is 9.40. The van der Waals surface area contributed by atoms with Gasteiger partial charge in [0.15, 0.2) is 0 Å². The van der Waals surface area contributed by atoms with Crippen LogP contribution < -0.4 is 0 Å². The summed E-state index contributed by atoms with van der Waals surface area (Å²) in [6.07, 6.45) is -6.42. The van der Waals surface area contributed by atoms with Gasteiger partial charge in [0.05, 0.1) is 17.2 Å². The van der Waals surface area contributed by atoms with E-state index in [1.807, 2.05) is 0 Å². The van der Waals surface area contributed by atoms with Gasteiger partial charge in [-0.2, -0.15) is 13.2 Å². The predicted molar refractivity (Wildman–Crippen MR) is 60.6 cm³/mol.